The molecule has 0 aliphatic carbocycles. The van der Waals surface area contributed by atoms with Crippen LogP contribution in [-0.2, 0) is 0 Å². The Morgan fingerprint density at radius 3 is 2.37 bits per heavy atom. The Balaban J connectivity index is 1.85. The summed E-state index contributed by atoms with van der Waals surface area (Å²) in [6.07, 6.45) is -0.0752. The molecule has 0 radical (unpaired) electrons. The smallest absolute Gasteiger partial charge is 0.336 e. The van der Waals surface area contributed by atoms with E-state index in [4.69, 9.17) is 9.15 Å². The van der Waals surface area contributed by atoms with Crippen LogP contribution in [0.1, 0.15) is 39.6 Å². The molecule has 2 heterocycles. The van der Waals surface area contributed by atoms with Gasteiger partial charge in [-0.05, 0) is 48.7 Å². The van der Waals surface area contributed by atoms with Crippen LogP contribution in [0.5, 0.6) is 5.75 Å². The molecule has 2 aromatic carbocycles. The molecule has 5 heteroatoms. The van der Waals surface area contributed by atoms with Crippen LogP contribution < -0.4 is 15.3 Å². The van der Waals surface area contributed by atoms with Gasteiger partial charge < -0.3 is 14.1 Å². The second-order valence-electron chi connectivity index (χ2n) is 7.24. The highest BCUT2D eigenvalue weighted by Gasteiger charge is 2.31. The highest BCUT2D eigenvalue weighted by atomic mass is 16.5. The van der Waals surface area contributed by atoms with Crippen LogP contribution in [0, 0.1) is 13.8 Å². The van der Waals surface area contributed by atoms with Crippen molar-refractivity contribution in [3.8, 4) is 5.75 Å². The number of anilines is 1. The number of carbonyl (C=O) groups is 1. The Kier molecular flexibility index (Phi) is 4.02. The number of ketones is 1. The van der Waals surface area contributed by atoms with Crippen molar-refractivity contribution in [3.05, 3.63) is 69.1 Å². The van der Waals surface area contributed by atoms with Crippen LogP contribution in [0.4, 0.5) is 5.69 Å². The summed E-state index contributed by atoms with van der Waals surface area (Å²) in [5.74, 6) is 0.562. The second kappa shape index (κ2) is 6.27. The van der Waals surface area contributed by atoms with E-state index in [-0.39, 0.29) is 18.3 Å². The predicted molar refractivity (Wildman–Crippen MR) is 105 cm³/mol. The van der Waals surface area contributed by atoms with Crippen LogP contribution in [0.3, 0.4) is 0 Å². The van der Waals surface area contributed by atoms with E-state index in [9.17, 15) is 9.59 Å². The lowest BCUT2D eigenvalue weighted by molar-refractivity contribution is 0.0852. The molecule has 1 aliphatic heterocycles. The monoisotopic (exact) mass is 363 g/mol. The number of aryl methyl sites for hydroxylation is 2. The molecule has 1 aliphatic rings. The molecular weight excluding hydrogens is 342 g/mol. The second-order valence-corrected chi connectivity index (χ2v) is 7.24. The zero-order chi connectivity index (χ0) is 19.3. The summed E-state index contributed by atoms with van der Waals surface area (Å²) >= 11 is 0. The van der Waals surface area contributed by atoms with Gasteiger partial charge in [0.25, 0.3) is 0 Å². The quantitative estimate of drug-likeness (QED) is 0.639. The van der Waals surface area contributed by atoms with Gasteiger partial charge in [-0.15, -0.1) is 0 Å². The molecule has 0 saturated heterocycles. The minimum absolute atomic E-state index is 0.0444. The highest BCUT2D eigenvalue weighted by Crippen LogP contribution is 2.42. The topological polar surface area (TPSA) is 59.8 Å². The summed E-state index contributed by atoms with van der Waals surface area (Å²) in [5, 5.41) is 0.693. The van der Waals surface area contributed by atoms with E-state index >= 15 is 0 Å². The number of fused-ring (bicyclic) bond motifs is 3. The molecule has 0 fully saturated rings. The molecule has 0 N–H and O–H groups in total. The van der Waals surface area contributed by atoms with Gasteiger partial charge in [-0.2, -0.15) is 0 Å². The van der Waals surface area contributed by atoms with Crippen molar-refractivity contribution >= 4 is 22.4 Å². The molecule has 0 amide bonds. The van der Waals surface area contributed by atoms with Crippen molar-refractivity contribution in [1.82, 2.24) is 0 Å². The van der Waals surface area contributed by atoms with Gasteiger partial charge in [-0.1, -0.05) is 12.1 Å². The van der Waals surface area contributed by atoms with Crippen LogP contribution in [0.25, 0.3) is 11.0 Å². The van der Waals surface area contributed by atoms with Gasteiger partial charge in [0.1, 0.15) is 17.4 Å². The Labute approximate surface area is 157 Å². The van der Waals surface area contributed by atoms with E-state index in [0.29, 0.717) is 22.3 Å². The van der Waals surface area contributed by atoms with Crippen molar-refractivity contribution in [1.29, 1.82) is 0 Å². The number of carbonyl (C=O) groups excluding carboxylic acids is 1. The standard InChI is InChI=1S/C22H21NO4/c1-12-9-18-21(13(2)10-19(25)26-18)22-20(12)16(24)11-17(27-22)14-5-7-15(8-6-14)23(3)4/h5-10,17H,11H2,1-4H3/t17-/m0/s1. The van der Waals surface area contributed by atoms with E-state index in [1.165, 1.54) is 6.07 Å². The van der Waals surface area contributed by atoms with E-state index in [0.717, 1.165) is 22.4 Å². The van der Waals surface area contributed by atoms with Gasteiger partial charge in [0.15, 0.2) is 5.78 Å². The Bertz CT molecular complexity index is 1110. The number of Topliss-reactive ketones (excluding diaryl/α,β-unsaturated/α-hetero) is 1. The minimum atomic E-state index is -0.405. The molecule has 4 rings (SSSR count). The SMILES string of the molecule is Cc1cc2oc(=O)cc(C)c2c2c1C(=O)C[C@@H](c1ccc(N(C)C)cc1)O2. The highest BCUT2D eigenvalue weighted by molar-refractivity contribution is 6.07. The van der Waals surface area contributed by atoms with Crippen molar-refractivity contribution in [3.63, 3.8) is 0 Å². The van der Waals surface area contributed by atoms with Gasteiger partial charge in [0, 0.05) is 25.8 Å². The first-order chi connectivity index (χ1) is 12.8. The van der Waals surface area contributed by atoms with Gasteiger partial charge in [0.2, 0.25) is 0 Å². The number of hydrogen-bond donors (Lipinski definition) is 0. The molecule has 27 heavy (non-hydrogen) atoms. The third-order valence-electron chi connectivity index (χ3n) is 5.07. The average molecular weight is 363 g/mol. The summed E-state index contributed by atoms with van der Waals surface area (Å²) in [4.78, 5) is 26.7. The van der Waals surface area contributed by atoms with Crippen LogP contribution >= 0.6 is 0 Å². The normalized spacial score (nSPS) is 16.1. The van der Waals surface area contributed by atoms with E-state index in [1.54, 1.807) is 6.07 Å². The lowest BCUT2D eigenvalue weighted by atomic mass is 9.91. The van der Waals surface area contributed by atoms with E-state index in [1.807, 2.05) is 57.1 Å². The maximum Gasteiger partial charge on any atom is 0.336 e. The summed E-state index contributed by atoms with van der Waals surface area (Å²) in [5.41, 5.74) is 4.17. The number of ether oxygens (including phenoxy) is 1. The third kappa shape index (κ3) is 2.89. The van der Waals surface area contributed by atoms with Crippen molar-refractivity contribution in [2.24, 2.45) is 0 Å². The molecule has 1 aromatic heterocycles. The zero-order valence-corrected chi connectivity index (χ0v) is 15.8. The largest absolute Gasteiger partial charge is 0.484 e. The zero-order valence-electron chi connectivity index (χ0n) is 15.8. The molecule has 0 bridgehead atoms. The molecule has 0 saturated carbocycles. The summed E-state index contributed by atoms with van der Waals surface area (Å²) in [6.45, 7) is 3.67. The molecule has 5 nitrogen and oxygen atoms in total. The molecule has 1 atom stereocenters. The molecule has 138 valence electrons. The van der Waals surface area contributed by atoms with Crippen molar-refractivity contribution < 1.29 is 13.9 Å². The minimum Gasteiger partial charge on any atom is -0.484 e. The first-order valence-electron chi connectivity index (χ1n) is 8.90. The first kappa shape index (κ1) is 17.3. The molecule has 0 unspecified atom stereocenters. The Hall–Kier alpha value is -3.08. The number of rotatable bonds is 2. The number of hydrogen-bond acceptors (Lipinski definition) is 5. The Morgan fingerprint density at radius 2 is 1.70 bits per heavy atom. The molecule has 0 spiro atoms. The van der Waals surface area contributed by atoms with Crippen LogP contribution in [-0.4, -0.2) is 19.9 Å². The summed E-state index contributed by atoms with van der Waals surface area (Å²) < 4.78 is 11.7. The summed E-state index contributed by atoms with van der Waals surface area (Å²) in [7, 11) is 3.97. The van der Waals surface area contributed by atoms with Gasteiger partial charge in [-0.25, -0.2) is 4.79 Å². The van der Waals surface area contributed by atoms with Crippen molar-refractivity contribution in [2.75, 3.05) is 19.0 Å². The lowest BCUT2D eigenvalue weighted by Gasteiger charge is -2.28. The Morgan fingerprint density at radius 1 is 1.00 bits per heavy atom. The van der Waals surface area contributed by atoms with E-state index < -0.39 is 5.63 Å². The summed E-state index contributed by atoms with van der Waals surface area (Å²) in [6, 6.07) is 11.2. The van der Waals surface area contributed by atoms with Gasteiger partial charge >= 0.3 is 5.63 Å². The number of nitrogens with zero attached hydrogens (tertiary/aromatic N) is 1. The van der Waals surface area contributed by atoms with Gasteiger partial charge in [0.05, 0.1) is 17.4 Å². The fourth-order valence-corrected chi connectivity index (χ4v) is 3.69. The fourth-order valence-electron chi connectivity index (χ4n) is 3.69. The molecule has 3 aromatic rings. The number of benzene rings is 2. The maximum atomic E-state index is 12.9. The van der Waals surface area contributed by atoms with Crippen LogP contribution in [0.2, 0.25) is 0 Å². The lowest BCUT2D eigenvalue weighted by Crippen LogP contribution is -2.22. The predicted octanol–water partition coefficient (Wildman–Crippen LogP) is 4.18. The van der Waals surface area contributed by atoms with Crippen molar-refractivity contribution in [2.45, 2.75) is 26.4 Å². The fraction of sp³-hybridized carbons (Fsp3) is 0.273. The first-order valence-corrected chi connectivity index (χ1v) is 8.90. The van der Waals surface area contributed by atoms with Crippen LogP contribution in [0.15, 0.2) is 45.6 Å². The average Bonchev–Trinajstić information content (AvgIpc) is 2.60. The third-order valence-corrected chi connectivity index (χ3v) is 5.07. The maximum absolute atomic E-state index is 12.9. The molecular formula is C22H21NO4. The van der Waals surface area contributed by atoms with E-state index in [2.05, 4.69) is 0 Å². The van der Waals surface area contributed by atoms with Gasteiger partial charge in [-0.3, -0.25) is 4.79 Å².